The molecular weight excluding hydrogens is 230 g/mol. The predicted octanol–water partition coefficient (Wildman–Crippen LogP) is 1.91. The van der Waals surface area contributed by atoms with Crippen molar-refractivity contribution >= 4 is 17.7 Å². The summed E-state index contributed by atoms with van der Waals surface area (Å²) in [5.74, 6) is 8.30. The van der Waals surface area contributed by atoms with Crippen molar-refractivity contribution in [1.82, 2.24) is 5.32 Å². The number of nitrogens with one attached hydrogen (secondary N) is 1. The van der Waals surface area contributed by atoms with Crippen LogP contribution in [0.3, 0.4) is 0 Å². The van der Waals surface area contributed by atoms with Gasteiger partial charge < -0.3 is 5.32 Å². The molecule has 1 aliphatic rings. The topological polar surface area (TPSA) is 29.1 Å². The molecule has 17 heavy (non-hydrogen) atoms. The Labute approximate surface area is 106 Å². The number of carbonyl (C=O) groups excluding carboxylic acids is 1. The first kappa shape index (κ1) is 12.1. The van der Waals surface area contributed by atoms with E-state index >= 15 is 0 Å². The van der Waals surface area contributed by atoms with E-state index in [0.717, 1.165) is 17.9 Å². The molecule has 2 rings (SSSR count). The monoisotopic (exact) mass is 245 g/mol. The van der Waals surface area contributed by atoms with Gasteiger partial charge in [-0.2, -0.15) is 11.8 Å². The molecule has 1 heterocycles. The van der Waals surface area contributed by atoms with Crippen LogP contribution >= 0.6 is 11.8 Å². The number of hydrogen-bond donors (Lipinski definition) is 1. The van der Waals surface area contributed by atoms with Gasteiger partial charge in [-0.15, -0.1) is 0 Å². The van der Waals surface area contributed by atoms with Crippen LogP contribution in [-0.2, 0) is 4.79 Å². The summed E-state index contributed by atoms with van der Waals surface area (Å²) in [5, 5.41) is 2.87. The minimum atomic E-state index is -0.175. The van der Waals surface area contributed by atoms with E-state index in [9.17, 15) is 4.79 Å². The van der Waals surface area contributed by atoms with Crippen molar-refractivity contribution in [2.24, 2.45) is 5.92 Å². The molecule has 3 heteroatoms. The minimum Gasteiger partial charge on any atom is -0.345 e. The van der Waals surface area contributed by atoms with Gasteiger partial charge in [0.1, 0.15) is 0 Å². The molecule has 0 radical (unpaired) electrons. The molecule has 1 N–H and O–H groups in total. The Hall–Kier alpha value is -1.40. The van der Waals surface area contributed by atoms with Gasteiger partial charge in [-0.25, -0.2) is 0 Å². The maximum Gasteiger partial charge on any atom is 0.296 e. The maximum absolute atomic E-state index is 11.5. The maximum atomic E-state index is 11.5. The summed E-state index contributed by atoms with van der Waals surface area (Å²) < 4.78 is 0. The lowest BCUT2D eigenvalue weighted by molar-refractivity contribution is -0.115. The fourth-order valence-corrected chi connectivity index (χ4v) is 2.96. The Bertz CT molecular complexity index is 427. The fourth-order valence-electron chi connectivity index (χ4n) is 1.68. The molecule has 1 fully saturated rings. The van der Waals surface area contributed by atoms with E-state index in [1.54, 1.807) is 0 Å². The van der Waals surface area contributed by atoms with E-state index in [4.69, 9.17) is 0 Å². The Morgan fingerprint density at radius 3 is 2.94 bits per heavy atom. The highest BCUT2D eigenvalue weighted by atomic mass is 32.2. The van der Waals surface area contributed by atoms with Crippen LogP contribution in [0.2, 0.25) is 0 Å². The smallest absolute Gasteiger partial charge is 0.296 e. The zero-order chi connectivity index (χ0) is 11.9. The molecule has 1 saturated heterocycles. The third-order valence-electron chi connectivity index (χ3n) is 2.67. The molecule has 2 nitrogen and oxygen atoms in total. The first-order valence-electron chi connectivity index (χ1n) is 5.77. The molecule has 1 aromatic rings. The lowest BCUT2D eigenvalue weighted by atomic mass is 10.1. The molecule has 1 amide bonds. The second kappa shape index (κ2) is 6.36. The normalized spacial score (nSPS) is 18.2. The van der Waals surface area contributed by atoms with Gasteiger partial charge >= 0.3 is 0 Å². The average molecular weight is 245 g/mol. The summed E-state index contributed by atoms with van der Waals surface area (Å²) >= 11 is 1.96. The molecule has 0 saturated carbocycles. The van der Waals surface area contributed by atoms with Gasteiger partial charge in [0, 0.05) is 18.0 Å². The SMILES string of the molecule is O=C(C#Cc1ccccc1)NC[C@@H]1CCSC1. The Morgan fingerprint density at radius 2 is 2.24 bits per heavy atom. The summed E-state index contributed by atoms with van der Waals surface area (Å²) in [6.07, 6.45) is 1.21. The molecular formula is C14H15NOS. The third kappa shape index (κ3) is 4.16. The first-order chi connectivity index (χ1) is 8.34. The molecule has 1 aliphatic heterocycles. The number of hydrogen-bond acceptors (Lipinski definition) is 2. The lowest BCUT2D eigenvalue weighted by Crippen LogP contribution is -2.28. The highest BCUT2D eigenvalue weighted by Crippen LogP contribution is 2.22. The minimum absolute atomic E-state index is 0.175. The molecule has 0 aromatic heterocycles. The summed E-state index contributed by atoms with van der Waals surface area (Å²) in [4.78, 5) is 11.5. The molecule has 0 aliphatic carbocycles. The molecule has 0 bridgehead atoms. The van der Waals surface area contributed by atoms with E-state index in [0.29, 0.717) is 5.92 Å². The predicted molar refractivity (Wildman–Crippen MR) is 71.8 cm³/mol. The Kier molecular flexibility index (Phi) is 4.52. The van der Waals surface area contributed by atoms with E-state index in [1.807, 2.05) is 42.1 Å². The number of thioether (sulfide) groups is 1. The largest absolute Gasteiger partial charge is 0.345 e. The van der Waals surface area contributed by atoms with Gasteiger partial charge in [0.15, 0.2) is 0 Å². The van der Waals surface area contributed by atoms with Crippen molar-refractivity contribution < 1.29 is 4.79 Å². The number of rotatable bonds is 2. The average Bonchev–Trinajstić information content (AvgIpc) is 2.88. The van der Waals surface area contributed by atoms with Gasteiger partial charge in [-0.05, 0) is 36.0 Å². The Morgan fingerprint density at radius 1 is 1.41 bits per heavy atom. The van der Waals surface area contributed by atoms with Gasteiger partial charge in [0.05, 0.1) is 0 Å². The van der Waals surface area contributed by atoms with Gasteiger partial charge in [0.2, 0.25) is 0 Å². The van der Waals surface area contributed by atoms with Crippen LogP contribution in [0.15, 0.2) is 30.3 Å². The van der Waals surface area contributed by atoms with Crippen LogP contribution in [0.25, 0.3) is 0 Å². The quantitative estimate of drug-likeness (QED) is 0.806. The summed E-state index contributed by atoms with van der Waals surface area (Å²) in [6.45, 7) is 0.759. The second-order valence-electron chi connectivity index (χ2n) is 4.06. The van der Waals surface area contributed by atoms with E-state index in [-0.39, 0.29) is 5.91 Å². The molecule has 0 unspecified atom stereocenters. The number of amides is 1. The van der Waals surface area contributed by atoms with Crippen molar-refractivity contribution in [2.75, 3.05) is 18.1 Å². The van der Waals surface area contributed by atoms with Crippen LogP contribution in [0, 0.1) is 17.8 Å². The number of benzene rings is 1. The van der Waals surface area contributed by atoms with Gasteiger partial charge in [0.25, 0.3) is 5.91 Å². The Balaban J connectivity index is 1.79. The highest BCUT2D eigenvalue weighted by molar-refractivity contribution is 7.99. The summed E-state index contributed by atoms with van der Waals surface area (Å²) in [7, 11) is 0. The summed E-state index contributed by atoms with van der Waals surface area (Å²) in [6, 6.07) is 9.56. The van der Waals surface area contributed by atoms with Gasteiger partial charge in [-0.3, -0.25) is 4.79 Å². The van der Waals surface area contributed by atoms with Gasteiger partial charge in [-0.1, -0.05) is 24.1 Å². The van der Waals surface area contributed by atoms with Crippen molar-refractivity contribution in [3.63, 3.8) is 0 Å². The number of carbonyl (C=O) groups is 1. The van der Waals surface area contributed by atoms with Crippen molar-refractivity contribution in [3.8, 4) is 11.8 Å². The molecule has 0 spiro atoms. The van der Waals surface area contributed by atoms with E-state index in [2.05, 4.69) is 17.2 Å². The van der Waals surface area contributed by atoms with Crippen molar-refractivity contribution in [1.29, 1.82) is 0 Å². The van der Waals surface area contributed by atoms with E-state index < -0.39 is 0 Å². The van der Waals surface area contributed by atoms with E-state index in [1.165, 1.54) is 12.2 Å². The molecule has 1 atom stereocenters. The zero-order valence-electron chi connectivity index (χ0n) is 9.61. The van der Waals surface area contributed by atoms with Crippen LogP contribution in [0.1, 0.15) is 12.0 Å². The molecule has 88 valence electrons. The third-order valence-corrected chi connectivity index (χ3v) is 3.90. The first-order valence-corrected chi connectivity index (χ1v) is 6.93. The molecule has 1 aromatic carbocycles. The fraction of sp³-hybridized carbons (Fsp3) is 0.357. The van der Waals surface area contributed by atoms with Crippen molar-refractivity contribution in [2.45, 2.75) is 6.42 Å². The van der Waals surface area contributed by atoms with Crippen LogP contribution in [-0.4, -0.2) is 24.0 Å². The zero-order valence-corrected chi connectivity index (χ0v) is 10.4. The van der Waals surface area contributed by atoms with Crippen LogP contribution < -0.4 is 5.32 Å². The van der Waals surface area contributed by atoms with Crippen LogP contribution in [0.4, 0.5) is 0 Å². The van der Waals surface area contributed by atoms with Crippen molar-refractivity contribution in [3.05, 3.63) is 35.9 Å². The highest BCUT2D eigenvalue weighted by Gasteiger charge is 2.15. The summed E-state index contributed by atoms with van der Waals surface area (Å²) in [5.41, 5.74) is 0.874. The second-order valence-corrected chi connectivity index (χ2v) is 5.21. The lowest BCUT2D eigenvalue weighted by Gasteiger charge is -2.06. The van der Waals surface area contributed by atoms with Crippen LogP contribution in [0.5, 0.6) is 0 Å². The standard InChI is InChI=1S/C14H15NOS/c16-14(15-10-13-8-9-17-11-13)7-6-12-4-2-1-3-5-12/h1-5,13H,8-11H2,(H,15,16)/t13-/m0/s1.